The van der Waals surface area contributed by atoms with Crippen molar-refractivity contribution in [3.8, 4) is 10.6 Å². The molecule has 0 radical (unpaired) electrons. The molecule has 4 nitrogen and oxygen atoms in total. The van der Waals surface area contributed by atoms with Crippen molar-refractivity contribution in [1.82, 2.24) is 9.97 Å². The van der Waals surface area contributed by atoms with Crippen LogP contribution in [-0.4, -0.2) is 15.9 Å². The molecule has 2 aromatic carbocycles. The molecule has 0 aliphatic heterocycles. The molecule has 0 aliphatic carbocycles. The first-order chi connectivity index (χ1) is 12.6. The third-order valence-corrected chi connectivity index (χ3v) is 5.90. The van der Waals surface area contributed by atoms with Crippen LogP contribution in [-0.2, 0) is 11.2 Å². The monoisotopic (exact) mass is 379 g/mol. The molecule has 4 aromatic rings. The molecule has 0 saturated heterocycles. The predicted octanol–water partition coefficient (Wildman–Crippen LogP) is 5.22. The van der Waals surface area contributed by atoms with E-state index in [4.69, 9.17) is 0 Å². The maximum absolute atomic E-state index is 12.4. The van der Waals surface area contributed by atoms with E-state index < -0.39 is 0 Å². The van der Waals surface area contributed by atoms with Gasteiger partial charge in [-0.25, -0.2) is 9.97 Å². The molecule has 0 atom stereocenters. The number of hydrogen-bond donors (Lipinski definition) is 1. The third kappa shape index (κ3) is 3.52. The fraction of sp³-hybridized carbons (Fsp3) is 0.150. The van der Waals surface area contributed by atoms with Gasteiger partial charge in [-0.2, -0.15) is 0 Å². The van der Waals surface area contributed by atoms with Crippen LogP contribution < -0.4 is 5.32 Å². The predicted molar refractivity (Wildman–Crippen MR) is 109 cm³/mol. The van der Waals surface area contributed by atoms with Crippen molar-refractivity contribution in [2.24, 2.45) is 0 Å². The van der Waals surface area contributed by atoms with Gasteiger partial charge in [-0.1, -0.05) is 47.2 Å². The highest BCUT2D eigenvalue weighted by atomic mass is 32.1. The lowest BCUT2D eigenvalue weighted by Gasteiger charge is -1.99. The first-order valence-corrected chi connectivity index (χ1v) is 9.95. The minimum Gasteiger partial charge on any atom is -0.302 e. The summed E-state index contributed by atoms with van der Waals surface area (Å²) in [6.07, 6.45) is 0.247. The highest BCUT2D eigenvalue weighted by Gasteiger charge is 2.12. The smallest absolute Gasteiger partial charge is 0.232 e. The van der Waals surface area contributed by atoms with Crippen molar-refractivity contribution in [1.29, 1.82) is 0 Å². The van der Waals surface area contributed by atoms with Gasteiger partial charge in [-0.15, -0.1) is 11.3 Å². The molecule has 0 aliphatic rings. The molecule has 0 unspecified atom stereocenters. The second-order valence-corrected chi connectivity index (χ2v) is 8.07. The highest BCUT2D eigenvalue weighted by molar-refractivity contribution is 7.22. The molecule has 1 N–H and O–H groups in total. The van der Waals surface area contributed by atoms with Crippen LogP contribution in [0.5, 0.6) is 0 Å². The summed E-state index contributed by atoms with van der Waals surface area (Å²) >= 11 is 3.05. The van der Waals surface area contributed by atoms with E-state index in [2.05, 4.69) is 34.3 Å². The van der Waals surface area contributed by atoms with Crippen LogP contribution in [0.15, 0.2) is 47.8 Å². The minimum atomic E-state index is -0.0946. The van der Waals surface area contributed by atoms with Crippen molar-refractivity contribution in [2.45, 2.75) is 20.3 Å². The van der Waals surface area contributed by atoms with E-state index in [1.165, 1.54) is 16.9 Å². The maximum atomic E-state index is 12.4. The van der Waals surface area contributed by atoms with Crippen molar-refractivity contribution >= 4 is 43.9 Å². The molecule has 2 aromatic heterocycles. The molecule has 4 rings (SSSR count). The summed E-state index contributed by atoms with van der Waals surface area (Å²) in [5, 5.41) is 6.41. The Morgan fingerprint density at radius 1 is 1.12 bits per heavy atom. The number of anilines is 1. The summed E-state index contributed by atoms with van der Waals surface area (Å²) in [6, 6.07) is 14.3. The first kappa shape index (κ1) is 16.9. The number of aryl methyl sites for hydroxylation is 2. The van der Waals surface area contributed by atoms with Crippen molar-refractivity contribution in [3.63, 3.8) is 0 Å². The molecular weight excluding hydrogens is 362 g/mol. The molecule has 0 fully saturated rings. The summed E-state index contributed by atoms with van der Waals surface area (Å²) in [5.74, 6) is -0.0946. The van der Waals surface area contributed by atoms with Gasteiger partial charge in [0.05, 0.1) is 22.3 Å². The number of para-hydroxylation sites is 1. The lowest BCUT2D eigenvalue weighted by atomic mass is 10.1. The van der Waals surface area contributed by atoms with Crippen LogP contribution in [0.25, 0.3) is 20.8 Å². The van der Waals surface area contributed by atoms with Gasteiger partial charge in [-0.3, -0.25) is 4.79 Å². The van der Waals surface area contributed by atoms with Crippen LogP contribution in [0.2, 0.25) is 0 Å². The molecule has 6 heteroatoms. The summed E-state index contributed by atoms with van der Waals surface area (Å²) in [7, 11) is 0. The van der Waals surface area contributed by atoms with Gasteiger partial charge in [-0.05, 0) is 31.5 Å². The summed E-state index contributed by atoms with van der Waals surface area (Å²) in [6.45, 7) is 4.08. The zero-order valence-electron chi connectivity index (χ0n) is 14.4. The van der Waals surface area contributed by atoms with Gasteiger partial charge in [0, 0.05) is 10.9 Å². The molecule has 0 saturated carbocycles. The molecule has 26 heavy (non-hydrogen) atoms. The Morgan fingerprint density at radius 2 is 1.96 bits per heavy atom. The lowest BCUT2D eigenvalue weighted by molar-refractivity contribution is -0.115. The molecule has 130 valence electrons. The molecular formula is C20H17N3OS2. The number of nitrogens with one attached hydrogen (secondary N) is 1. The number of rotatable bonds is 4. The Bertz CT molecular complexity index is 1100. The molecule has 0 bridgehead atoms. The average molecular weight is 380 g/mol. The van der Waals surface area contributed by atoms with Gasteiger partial charge < -0.3 is 5.32 Å². The zero-order chi connectivity index (χ0) is 18.1. The largest absolute Gasteiger partial charge is 0.302 e. The number of amides is 1. The van der Waals surface area contributed by atoms with E-state index >= 15 is 0 Å². The lowest BCUT2D eigenvalue weighted by Crippen LogP contribution is -2.14. The number of nitrogens with zero attached hydrogens (tertiary/aromatic N) is 2. The normalized spacial score (nSPS) is 11.0. The number of fused-ring (bicyclic) bond motifs is 1. The van der Waals surface area contributed by atoms with Gasteiger partial charge in [0.1, 0.15) is 5.01 Å². The Labute approximate surface area is 159 Å². The van der Waals surface area contributed by atoms with E-state index in [-0.39, 0.29) is 12.3 Å². The third-order valence-electron chi connectivity index (χ3n) is 4.03. The fourth-order valence-electron chi connectivity index (χ4n) is 2.77. The van der Waals surface area contributed by atoms with E-state index in [1.807, 2.05) is 42.6 Å². The van der Waals surface area contributed by atoms with Crippen LogP contribution in [0.1, 0.15) is 16.8 Å². The summed E-state index contributed by atoms with van der Waals surface area (Å²) < 4.78 is 1.08. The SMILES string of the molecule is Cc1cccc(-c2nc(CC(=O)Nc3nc4c(C)cccc4s3)cs2)c1. The topological polar surface area (TPSA) is 54.9 Å². The number of thiazole rings is 2. The molecule has 0 spiro atoms. The number of carbonyl (C=O) groups excluding carboxylic acids is 1. The zero-order valence-corrected chi connectivity index (χ0v) is 16.1. The Morgan fingerprint density at radius 3 is 2.77 bits per heavy atom. The van der Waals surface area contributed by atoms with Gasteiger partial charge >= 0.3 is 0 Å². The van der Waals surface area contributed by atoms with Gasteiger partial charge in [0.25, 0.3) is 0 Å². The van der Waals surface area contributed by atoms with Crippen LogP contribution in [0.4, 0.5) is 5.13 Å². The van der Waals surface area contributed by atoms with E-state index in [9.17, 15) is 4.79 Å². The quantitative estimate of drug-likeness (QED) is 0.529. The second-order valence-electron chi connectivity index (χ2n) is 6.18. The van der Waals surface area contributed by atoms with Crippen LogP contribution in [0, 0.1) is 13.8 Å². The Balaban J connectivity index is 1.47. The van der Waals surface area contributed by atoms with E-state index in [1.54, 1.807) is 11.3 Å². The van der Waals surface area contributed by atoms with E-state index in [0.29, 0.717) is 5.13 Å². The van der Waals surface area contributed by atoms with Crippen molar-refractivity contribution < 1.29 is 4.79 Å². The maximum Gasteiger partial charge on any atom is 0.232 e. The Kier molecular flexibility index (Phi) is 4.53. The highest BCUT2D eigenvalue weighted by Crippen LogP contribution is 2.28. The molecule has 2 heterocycles. The van der Waals surface area contributed by atoms with Gasteiger partial charge in [0.2, 0.25) is 5.91 Å². The number of benzene rings is 2. The van der Waals surface area contributed by atoms with Gasteiger partial charge in [0.15, 0.2) is 5.13 Å². The summed E-state index contributed by atoms with van der Waals surface area (Å²) in [5.41, 5.74) is 5.12. The minimum absolute atomic E-state index is 0.0946. The number of hydrogen-bond acceptors (Lipinski definition) is 5. The van der Waals surface area contributed by atoms with E-state index in [0.717, 1.165) is 32.0 Å². The number of aromatic nitrogens is 2. The van der Waals surface area contributed by atoms with Crippen LogP contribution >= 0.6 is 22.7 Å². The first-order valence-electron chi connectivity index (χ1n) is 8.26. The summed E-state index contributed by atoms with van der Waals surface area (Å²) in [4.78, 5) is 21.5. The average Bonchev–Trinajstić information content (AvgIpc) is 3.22. The van der Waals surface area contributed by atoms with Crippen molar-refractivity contribution in [2.75, 3.05) is 5.32 Å². The van der Waals surface area contributed by atoms with Crippen molar-refractivity contribution in [3.05, 3.63) is 64.7 Å². The molecule has 1 amide bonds. The fourth-order valence-corrected chi connectivity index (χ4v) is 4.54. The standard InChI is InChI=1S/C20H17N3OS2/c1-12-5-3-7-14(9-12)19-21-15(11-25-19)10-17(24)22-20-23-18-13(2)6-4-8-16(18)26-20/h3-9,11H,10H2,1-2H3,(H,22,23,24). The number of carbonyl (C=O) groups is 1. The van der Waals surface area contributed by atoms with Crippen LogP contribution in [0.3, 0.4) is 0 Å². The Hall–Kier alpha value is -2.57. The second kappa shape index (κ2) is 6.97.